The third kappa shape index (κ3) is 11.5. The highest BCUT2D eigenvalue weighted by molar-refractivity contribution is 5.97. The number of nitrogens with one attached hydrogen (secondary N) is 3. The monoisotopic (exact) mass is 532 g/mol. The number of imide groups is 1. The molecule has 1 rings (SSSR count). The summed E-state index contributed by atoms with van der Waals surface area (Å²) in [5.41, 5.74) is 1.26. The first-order valence-corrected chi connectivity index (χ1v) is 12.7. The average Bonchev–Trinajstić information content (AvgIpc) is 2.87. The minimum Gasteiger partial charge on any atom is -0.461 e. The van der Waals surface area contributed by atoms with Crippen molar-refractivity contribution in [2.24, 2.45) is 17.8 Å². The van der Waals surface area contributed by atoms with Gasteiger partial charge < -0.3 is 20.7 Å². The topological polar surface area (TPSA) is 151 Å². The van der Waals surface area contributed by atoms with Crippen LogP contribution in [0.2, 0.25) is 0 Å². The van der Waals surface area contributed by atoms with Crippen LogP contribution in [0.5, 0.6) is 0 Å². The van der Waals surface area contributed by atoms with Crippen LogP contribution in [0.25, 0.3) is 0 Å². The summed E-state index contributed by atoms with van der Waals surface area (Å²) in [6, 6.07) is 5.73. The van der Waals surface area contributed by atoms with E-state index in [0.29, 0.717) is 12.1 Å². The van der Waals surface area contributed by atoms with Crippen molar-refractivity contribution in [3.8, 4) is 0 Å². The lowest BCUT2D eigenvalue weighted by Gasteiger charge is -2.24. The molecule has 0 saturated carbocycles. The minimum atomic E-state index is -0.974. The summed E-state index contributed by atoms with van der Waals surface area (Å²) in [5, 5.41) is 7.69. The van der Waals surface area contributed by atoms with E-state index in [-0.39, 0.29) is 49.7 Å². The molecule has 1 aromatic rings. The normalized spacial score (nSPS) is 12.3. The Morgan fingerprint density at radius 2 is 1.58 bits per heavy atom. The standard InChI is InChI=1S/C27H40N4O7/c1-7-25(36)38-15-20-8-10-21(11-9-20)29-22(33)13-28-27(37)26(18(4)5)30-23(34)14-31(16-32)24(35)12-19(6)17(2)3/h8-11,16-19,26H,7,12-15H2,1-6H3,(H,28,37)(H,29,33)(H,30,34). The molecule has 38 heavy (non-hydrogen) atoms. The summed E-state index contributed by atoms with van der Waals surface area (Å²) >= 11 is 0. The highest BCUT2D eigenvalue weighted by Crippen LogP contribution is 2.15. The summed E-state index contributed by atoms with van der Waals surface area (Å²) in [6.45, 7) is 10.3. The van der Waals surface area contributed by atoms with Crippen LogP contribution in [0.1, 0.15) is 59.9 Å². The van der Waals surface area contributed by atoms with E-state index < -0.39 is 36.2 Å². The first-order chi connectivity index (χ1) is 17.9. The summed E-state index contributed by atoms with van der Waals surface area (Å²) in [6.07, 6.45) is 0.728. The quantitative estimate of drug-likeness (QED) is 0.231. The molecule has 2 unspecified atom stereocenters. The van der Waals surface area contributed by atoms with Crippen molar-refractivity contribution in [1.82, 2.24) is 15.5 Å². The van der Waals surface area contributed by atoms with Crippen molar-refractivity contribution in [3.63, 3.8) is 0 Å². The smallest absolute Gasteiger partial charge is 0.305 e. The largest absolute Gasteiger partial charge is 0.461 e. The fourth-order valence-corrected chi connectivity index (χ4v) is 3.15. The molecule has 0 aromatic heterocycles. The van der Waals surface area contributed by atoms with Crippen LogP contribution in [-0.2, 0) is 40.1 Å². The van der Waals surface area contributed by atoms with Crippen molar-refractivity contribution < 1.29 is 33.5 Å². The van der Waals surface area contributed by atoms with Gasteiger partial charge in [0.05, 0.1) is 6.54 Å². The van der Waals surface area contributed by atoms with Gasteiger partial charge in [-0.1, -0.05) is 53.7 Å². The molecule has 0 fully saturated rings. The molecule has 1 aromatic carbocycles. The highest BCUT2D eigenvalue weighted by atomic mass is 16.5. The van der Waals surface area contributed by atoms with Gasteiger partial charge in [-0.15, -0.1) is 0 Å². The lowest BCUT2D eigenvalue weighted by Crippen LogP contribution is -2.53. The summed E-state index contributed by atoms with van der Waals surface area (Å²) in [7, 11) is 0. The zero-order valence-corrected chi connectivity index (χ0v) is 23.0. The molecule has 11 heteroatoms. The molecule has 0 heterocycles. The van der Waals surface area contributed by atoms with Crippen molar-refractivity contribution in [3.05, 3.63) is 29.8 Å². The Balaban J connectivity index is 2.60. The number of anilines is 1. The number of ether oxygens (including phenoxy) is 1. The van der Waals surface area contributed by atoms with E-state index >= 15 is 0 Å². The molecule has 11 nitrogen and oxygen atoms in total. The van der Waals surface area contributed by atoms with E-state index in [1.807, 2.05) is 20.8 Å². The van der Waals surface area contributed by atoms with Gasteiger partial charge >= 0.3 is 5.97 Å². The van der Waals surface area contributed by atoms with E-state index in [4.69, 9.17) is 4.74 Å². The number of hydrogen-bond acceptors (Lipinski definition) is 7. The van der Waals surface area contributed by atoms with Crippen molar-refractivity contribution >= 4 is 41.7 Å². The van der Waals surface area contributed by atoms with Gasteiger partial charge in [-0.2, -0.15) is 0 Å². The highest BCUT2D eigenvalue weighted by Gasteiger charge is 2.27. The van der Waals surface area contributed by atoms with Crippen LogP contribution in [-0.4, -0.2) is 60.0 Å². The average molecular weight is 533 g/mol. The fourth-order valence-electron chi connectivity index (χ4n) is 3.15. The number of benzene rings is 1. The first-order valence-electron chi connectivity index (χ1n) is 12.7. The van der Waals surface area contributed by atoms with E-state index in [0.717, 1.165) is 10.5 Å². The Morgan fingerprint density at radius 3 is 2.11 bits per heavy atom. The van der Waals surface area contributed by atoms with E-state index in [1.165, 1.54) is 0 Å². The van der Waals surface area contributed by atoms with Crippen LogP contribution in [0, 0.1) is 17.8 Å². The minimum absolute atomic E-state index is 0.0387. The second kappa shape index (κ2) is 16.2. The third-order valence-electron chi connectivity index (χ3n) is 6.01. The maximum absolute atomic E-state index is 12.7. The van der Waals surface area contributed by atoms with Gasteiger partial charge in [0.2, 0.25) is 30.0 Å². The van der Waals surface area contributed by atoms with Crippen molar-refractivity contribution in [2.45, 2.75) is 67.0 Å². The first kappa shape index (κ1) is 32.3. The maximum Gasteiger partial charge on any atom is 0.305 e. The SMILES string of the molecule is CCC(=O)OCc1ccc(NC(=O)CNC(=O)C(NC(=O)CN(C=O)C(=O)CC(C)C(C)C)C(C)C)cc1. The number of esters is 1. The summed E-state index contributed by atoms with van der Waals surface area (Å²) < 4.78 is 5.05. The lowest BCUT2D eigenvalue weighted by molar-refractivity contribution is -0.144. The molecular weight excluding hydrogens is 492 g/mol. The second-order valence-corrected chi connectivity index (χ2v) is 9.82. The summed E-state index contributed by atoms with van der Waals surface area (Å²) in [5.74, 6) is -2.53. The van der Waals surface area contributed by atoms with Crippen LogP contribution in [0.4, 0.5) is 5.69 Å². The van der Waals surface area contributed by atoms with Crippen molar-refractivity contribution in [1.29, 1.82) is 0 Å². The zero-order chi connectivity index (χ0) is 28.8. The predicted molar refractivity (Wildman–Crippen MR) is 141 cm³/mol. The number of hydrogen-bond donors (Lipinski definition) is 3. The molecule has 2 atom stereocenters. The molecule has 0 aliphatic rings. The Kier molecular flexibility index (Phi) is 13.7. The van der Waals surface area contributed by atoms with E-state index in [1.54, 1.807) is 45.0 Å². The van der Waals surface area contributed by atoms with Crippen LogP contribution >= 0.6 is 0 Å². The van der Waals surface area contributed by atoms with E-state index in [9.17, 15) is 28.8 Å². The Labute approximate surface area is 224 Å². The lowest BCUT2D eigenvalue weighted by atomic mass is 9.94. The number of nitrogens with zero attached hydrogens (tertiary/aromatic N) is 1. The number of carbonyl (C=O) groups is 6. The van der Waals surface area contributed by atoms with Gasteiger partial charge in [-0.3, -0.25) is 33.7 Å². The van der Waals surface area contributed by atoms with Gasteiger partial charge in [0.15, 0.2) is 0 Å². The fraction of sp³-hybridized carbons (Fsp3) is 0.556. The van der Waals surface area contributed by atoms with Gasteiger partial charge in [0.1, 0.15) is 19.2 Å². The van der Waals surface area contributed by atoms with Gasteiger partial charge in [0.25, 0.3) is 0 Å². The molecule has 5 amide bonds. The number of rotatable bonds is 15. The molecule has 0 radical (unpaired) electrons. The molecule has 0 spiro atoms. The third-order valence-corrected chi connectivity index (χ3v) is 6.01. The van der Waals surface area contributed by atoms with Gasteiger partial charge in [-0.05, 0) is 35.4 Å². The maximum atomic E-state index is 12.7. The van der Waals surface area contributed by atoms with Crippen LogP contribution in [0.3, 0.4) is 0 Å². The molecular formula is C27H40N4O7. The summed E-state index contributed by atoms with van der Waals surface area (Å²) in [4.78, 5) is 73.3. The Bertz CT molecular complexity index is 976. The van der Waals surface area contributed by atoms with Crippen LogP contribution < -0.4 is 16.0 Å². The Morgan fingerprint density at radius 1 is 0.947 bits per heavy atom. The molecule has 0 aliphatic heterocycles. The number of amides is 5. The number of carbonyl (C=O) groups excluding carboxylic acids is 6. The van der Waals surface area contributed by atoms with Gasteiger partial charge in [-0.25, -0.2) is 0 Å². The molecule has 0 bridgehead atoms. The second-order valence-electron chi connectivity index (χ2n) is 9.82. The van der Waals surface area contributed by atoms with Crippen LogP contribution in [0.15, 0.2) is 24.3 Å². The molecule has 3 N–H and O–H groups in total. The predicted octanol–water partition coefficient (Wildman–Crippen LogP) is 2.00. The van der Waals surface area contributed by atoms with Gasteiger partial charge in [0, 0.05) is 18.5 Å². The molecule has 0 aliphatic carbocycles. The molecule has 0 saturated heterocycles. The molecule has 210 valence electrons. The van der Waals surface area contributed by atoms with E-state index in [2.05, 4.69) is 16.0 Å². The van der Waals surface area contributed by atoms with Crippen molar-refractivity contribution in [2.75, 3.05) is 18.4 Å². The zero-order valence-electron chi connectivity index (χ0n) is 23.0. The Hall–Kier alpha value is -3.76.